The predicted molar refractivity (Wildman–Crippen MR) is 69.8 cm³/mol. The summed E-state index contributed by atoms with van der Waals surface area (Å²) in [6.45, 7) is 4.31. The number of benzene rings is 1. The third-order valence-corrected chi connectivity index (χ3v) is 3.55. The molecule has 1 atom stereocenters. The molecule has 1 aliphatic rings. The lowest BCUT2D eigenvalue weighted by molar-refractivity contribution is 0.470. The van der Waals surface area contributed by atoms with E-state index in [9.17, 15) is 0 Å². The van der Waals surface area contributed by atoms with Gasteiger partial charge in [-0.3, -0.25) is 0 Å². The zero-order valence-electron chi connectivity index (χ0n) is 10.4. The summed E-state index contributed by atoms with van der Waals surface area (Å²) in [6.07, 6.45) is 2.52. The average molecular weight is 229 g/mol. The van der Waals surface area contributed by atoms with Crippen LogP contribution in [0.15, 0.2) is 24.3 Å². The van der Waals surface area contributed by atoms with Gasteiger partial charge in [0, 0.05) is 6.04 Å². The summed E-state index contributed by atoms with van der Waals surface area (Å²) >= 11 is 0. The van der Waals surface area contributed by atoms with E-state index in [1.54, 1.807) is 0 Å². The average Bonchev–Trinajstić information content (AvgIpc) is 3.08. The number of nitrogens with zero attached hydrogens (tertiary/aromatic N) is 2. The third-order valence-electron chi connectivity index (χ3n) is 3.55. The highest BCUT2D eigenvalue weighted by Crippen LogP contribution is 2.40. The van der Waals surface area contributed by atoms with Crippen LogP contribution in [0.4, 0.5) is 0 Å². The van der Waals surface area contributed by atoms with Gasteiger partial charge >= 0.3 is 0 Å². The highest BCUT2D eigenvalue weighted by molar-refractivity contribution is 5.76. The molecule has 1 aromatic carbocycles. The lowest BCUT2D eigenvalue weighted by Gasteiger charge is -2.17. The lowest BCUT2D eigenvalue weighted by Crippen LogP contribution is -2.21. The number of rotatable bonds is 3. The zero-order valence-corrected chi connectivity index (χ0v) is 10.4. The summed E-state index contributed by atoms with van der Waals surface area (Å²) in [6, 6.07) is 9.00. The van der Waals surface area contributed by atoms with E-state index in [-0.39, 0.29) is 6.04 Å². The number of aromatic nitrogens is 2. The van der Waals surface area contributed by atoms with Crippen molar-refractivity contribution in [3.8, 4) is 0 Å². The maximum atomic E-state index is 6.28. The van der Waals surface area contributed by atoms with E-state index in [0.717, 1.165) is 11.3 Å². The van der Waals surface area contributed by atoms with Gasteiger partial charge in [-0.15, -0.1) is 0 Å². The number of nitrogens with two attached hydrogens (primary N) is 1. The van der Waals surface area contributed by atoms with Gasteiger partial charge in [0.2, 0.25) is 0 Å². The highest BCUT2D eigenvalue weighted by Gasteiger charge is 2.30. The first-order valence-corrected chi connectivity index (χ1v) is 6.41. The fourth-order valence-electron chi connectivity index (χ4n) is 2.31. The van der Waals surface area contributed by atoms with E-state index in [1.165, 1.54) is 18.4 Å². The molecule has 1 saturated carbocycles. The summed E-state index contributed by atoms with van der Waals surface area (Å²) < 4.78 is 2.36. The van der Waals surface area contributed by atoms with Crippen molar-refractivity contribution in [1.82, 2.24) is 9.55 Å². The van der Waals surface area contributed by atoms with Crippen molar-refractivity contribution in [3.05, 3.63) is 30.1 Å². The third kappa shape index (κ3) is 1.75. The Balaban J connectivity index is 2.19. The number of hydrogen-bond acceptors (Lipinski definition) is 2. The Morgan fingerprint density at radius 1 is 1.29 bits per heavy atom. The first-order valence-electron chi connectivity index (χ1n) is 6.41. The van der Waals surface area contributed by atoms with Crippen LogP contribution in [0.2, 0.25) is 0 Å². The molecule has 0 aliphatic heterocycles. The Morgan fingerprint density at radius 2 is 2.00 bits per heavy atom. The van der Waals surface area contributed by atoms with E-state index in [2.05, 4.69) is 36.6 Å². The monoisotopic (exact) mass is 229 g/mol. The van der Waals surface area contributed by atoms with Crippen molar-refractivity contribution in [3.63, 3.8) is 0 Å². The van der Waals surface area contributed by atoms with Crippen LogP contribution in [0.25, 0.3) is 11.0 Å². The minimum absolute atomic E-state index is 0.0306. The zero-order chi connectivity index (χ0) is 12.0. The van der Waals surface area contributed by atoms with Crippen molar-refractivity contribution < 1.29 is 0 Å². The van der Waals surface area contributed by atoms with Crippen LogP contribution in [0.3, 0.4) is 0 Å². The second kappa shape index (κ2) is 3.84. The fourth-order valence-corrected chi connectivity index (χ4v) is 2.31. The topological polar surface area (TPSA) is 43.8 Å². The molecule has 1 aromatic heterocycles. The fraction of sp³-hybridized carbons (Fsp3) is 0.500. The van der Waals surface area contributed by atoms with E-state index < -0.39 is 0 Å². The number of hydrogen-bond donors (Lipinski definition) is 1. The van der Waals surface area contributed by atoms with Crippen LogP contribution in [-0.4, -0.2) is 9.55 Å². The van der Waals surface area contributed by atoms with E-state index in [4.69, 9.17) is 10.7 Å². The molecule has 3 rings (SSSR count). The van der Waals surface area contributed by atoms with Crippen molar-refractivity contribution in [2.45, 2.75) is 38.8 Å². The first kappa shape index (κ1) is 10.8. The highest BCUT2D eigenvalue weighted by atomic mass is 15.1. The summed E-state index contributed by atoms with van der Waals surface area (Å²) in [5.41, 5.74) is 8.60. The first-order chi connectivity index (χ1) is 8.18. The molecule has 2 aromatic rings. The van der Waals surface area contributed by atoms with Crippen LogP contribution >= 0.6 is 0 Å². The maximum absolute atomic E-state index is 6.28. The molecule has 0 saturated heterocycles. The summed E-state index contributed by atoms with van der Waals surface area (Å²) in [4.78, 5) is 4.73. The molecule has 2 N–H and O–H groups in total. The van der Waals surface area contributed by atoms with Gasteiger partial charge in [0.25, 0.3) is 0 Å². The van der Waals surface area contributed by atoms with Gasteiger partial charge in [0.05, 0.1) is 17.1 Å². The molecule has 0 spiro atoms. The van der Waals surface area contributed by atoms with Crippen LogP contribution in [0.1, 0.15) is 44.6 Å². The summed E-state index contributed by atoms with van der Waals surface area (Å²) in [5.74, 6) is 1.48. The smallest absolute Gasteiger partial charge is 0.127 e. The Kier molecular flexibility index (Phi) is 2.44. The number of para-hydroxylation sites is 2. The molecule has 0 radical (unpaired) electrons. The quantitative estimate of drug-likeness (QED) is 0.879. The van der Waals surface area contributed by atoms with E-state index in [0.29, 0.717) is 12.0 Å². The molecule has 90 valence electrons. The normalized spacial score (nSPS) is 17.9. The van der Waals surface area contributed by atoms with Gasteiger partial charge in [-0.2, -0.15) is 0 Å². The number of fused-ring (bicyclic) bond motifs is 1. The molecule has 0 amide bonds. The second-order valence-corrected chi connectivity index (χ2v) is 5.33. The SMILES string of the molecule is CC(C)[C@@H](N)c1nc2ccccc2n1C1CC1. The standard InChI is InChI=1S/C14H19N3/c1-9(2)13(15)14-16-11-5-3-4-6-12(11)17(14)10-7-8-10/h3-6,9-10,13H,7-8,15H2,1-2H3/t13-/m1/s1. The lowest BCUT2D eigenvalue weighted by atomic mass is 10.1. The molecule has 1 heterocycles. The number of imidazole rings is 1. The van der Waals surface area contributed by atoms with E-state index in [1.807, 2.05) is 6.07 Å². The molecular weight excluding hydrogens is 210 g/mol. The molecule has 0 bridgehead atoms. The Hall–Kier alpha value is -1.35. The van der Waals surface area contributed by atoms with E-state index >= 15 is 0 Å². The minimum Gasteiger partial charge on any atom is -0.324 e. The molecule has 17 heavy (non-hydrogen) atoms. The molecule has 0 unspecified atom stereocenters. The summed E-state index contributed by atoms with van der Waals surface area (Å²) in [7, 11) is 0. The Bertz CT molecular complexity index is 537. The van der Waals surface area contributed by atoms with Gasteiger partial charge < -0.3 is 10.3 Å². The Morgan fingerprint density at radius 3 is 2.65 bits per heavy atom. The van der Waals surface area contributed by atoms with Gasteiger partial charge in [-0.25, -0.2) is 4.98 Å². The molecule has 1 aliphatic carbocycles. The van der Waals surface area contributed by atoms with Crippen LogP contribution < -0.4 is 5.73 Å². The van der Waals surface area contributed by atoms with Crippen molar-refractivity contribution in [2.24, 2.45) is 11.7 Å². The summed E-state index contributed by atoms with van der Waals surface area (Å²) in [5, 5.41) is 0. The van der Waals surface area contributed by atoms with Crippen LogP contribution in [-0.2, 0) is 0 Å². The molecule has 3 heteroatoms. The van der Waals surface area contributed by atoms with Crippen molar-refractivity contribution in [2.75, 3.05) is 0 Å². The largest absolute Gasteiger partial charge is 0.324 e. The predicted octanol–water partition coefficient (Wildman–Crippen LogP) is 3.03. The van der Waals surface area contributed by atoms with Gasteiger partial charge in [0.15, 0.2) is 0 Å². The molecular formula is C14H19N3. The van der Waals surface area contributed by atoms with Gasteiger partial charge in [0.1, 0.15) is 5.82 Å². The van der Waals surface area contributed by atoms with Gasteiger partial charge in [-0.05, 0) is 30.9 Å². The Labute approximate surface area is 102 Å². The van der Waals surface area contributed by atoms with Crippen molar-refractivity contribution >= 4 is 11.0 Å². The molecule has 3 nitrogen and oxygen atoms in total. The second-order valence-electron chi connectivity index (χ2n) is 5.33. The van der Waals surface area contributed by atoms with Crippen LogP contribution in [0.5, 0.6) is 0 Å². The minimum atomic E-state index is 0.0306. The van der Waals surface area contributed by atoms with Gasteiger partial charge in [-0.1, -0.05) is 26.0 Å². The van der Waals surface area contributed by atoms with Crippen LogP contribution in [0, 0.1) is 5.92 Å². The van der Waals surface area contributed by atoms with Crippen molar-refractivity contribution in [1.29, 1.82) is 0 Å². The molecule has 1 fully saturated rings. The maximum Gasteiger partial charge on any atom is 0.127 e.